The molecule has 0 aliphatic heterocycles. The Labute approximate surface area is 175 Å². The van der Waals surface area contributed by atoms with E-state index in [0.29, 0.717) is 11.5 Å². The van der Waals surface area contributed by atoms with Crippen molar-refractivity contribution in [3.63, 3.8) is 0 Å². The summed E-state index contributed by atoms with van der Waals surface area (Å²) >= 11 is 5.80. The minimum Gasteiger partial charge on any atom is -0.454 e. The number of Topliss-reactive ketones (excluding diaryl/α,β-unsaturated/α-hetero) is 1. The largest absolute Gasteiger partial charge is 0.454 e. The van der Waals surface area contributed by atoms with Crippen molar-refractivity contribution in [2.24, 2.45) is 5.14 Å². The second kappa shape index (κ2) is 9.07. The number of rotatable bonds is 6. The van der Waals surface area contributed by atoms with Crippen LogP contribution in [-0.2, 0) is 14.8 Å². The first-order chi connectivity index (χ1) is 13.8. The van der Waals surface area contributed by atoms with E-state index < -0.39 is 22.6 Å². The average molecular weight is 436 g/mol. The van der Waals surface area contributed by atoms with Crippen LogP contribution >= 0.6 is 11.6 Å². The normalized spacial score (nSPS) is 15.1. The summed E-state index contributed by atoms with van der Waals surface area (Å²) in [6, 6.07) is 11.0. The number of esters is 1. The highest BCUT2D eigenvalue weighted by molar-refractivity contribution is 7.89. The Hall–Kier alpha value is -2.22. The van der Waals surface area contributed by atoms with Crippen molar-refractivity contribution < 1.29 is 22.7 Å². The molecule has 0 unspecified atom stereocenters. The first kappa shape index (κ1) is 21.5. The molecule has 0 spiro atoms. The van der Waals surface area contributed by atoms with E-state index >= 15 is 0 Å². The molecule has 29 heavy (non-hydrogen) atoms. The predicted molar refractivity (Wildman–Crippen MR) is 110 cm³/mol. The third kappa shape index (κ3) is 5.44. The summed E-state index contributed by atoms with van der Waals surface area (Å²) in [6.07, 6.45) is 6.10. The zero-order valence-electron chi connectivity index (χ0n) is 15.8. The van der Waals surface area contributed by atoms with Crippen molar-refractivity contribution in [3.05, 3.63) is 64.2 Å². The highest BCUT2D eigenvalue weighted by Gasteiger charge is 2.19. The van der Waals surface area contributed by atoms with Gasteiger partial charge in [0.2, 0.25) is 10.0 Å². The van der Waals surface area contributed by atoms with Crippen molar-refractivity contribution in [1.29, 1.82) is 0 Å². The fraction of sp³-hybridized carbons (Fsp3) is 0.333. The Morgan fingerprint density at radius 3 is 2.24 bits per heavy atom. The van der Waals surface area contributed by atoms with Crippen LogP contribution in [0.25, 0.3) is 0 Å². The van der Waals surface area contributed by atoms with Crippen molar-refractivity contribution in [1.82, 2.24) is 0 Å². The maximum atomic E-state index is 12.3. The van der Waals surface area contributed by atoms with Gasteiger partial charge in [-0.25, -0.2) is 18.4 Å². The molecule has 1 saturated carbocycles. The molecule has 0 heterocycles. The van der Waals surface area contributed by atoms with Gasteiger partial charge in [0.1, 0.15) is 4.90 Å². The Balaban J connectivity index is 1.62. The Morgan fingerprint density at radius 2 is 1.62 bits per heavy atom. The van der Waals surface area contributed by atoms with Crippen LogP contribution in [0.3, 0.4) is 0 Å². The molecule has 1 fully saturated rings. The SMILES string of the molecule is NS(=O)(=O)c1cc(C(=O)OCC(=O)c2ccc(C3CCCCC3)cc2)ccc1Cl. The number of hydrogen-bond donors (Lipinski definition) is 1. The number of carbonyl (C=O) groups is 2. The van der Waals surface area contributed by atoms with Gasteiger partial charge >= 0.3 is 5.97 Å². The van der Waals surface area contributed by atoms with Crippen LogP contribution in [0.2, 0.25) is 5.02 Å². The van der Waals surface area contributed by atoms with Gasteiger partial charge < -0.3 is 4.74 Å². The number of hydrogen-bond acceptors (Lipinski definition) is 5. The molecular formula is C21H22ClNO5S. The van der Waals surface area contributed by atoms with Gasteiger partial charge in [-0.2, -0.15) is 0 Å². The van der Waals surface area contributed by atoms with Gasteiger partial charge in [0.25, 0.3) is 0 Å². The monoisotopic (exact) mass is 435 g/mol. The lowest BCUT2D eigenvalue weighted by atomic mass is 9.84. The minimum absolute atomic E-state index is 0.0566. The Morgan fingerprint density at radius 1 is 1.00 bits per heavy atom. The van der Waals surface area contributed by atoms with Crippen LogP contribution in [0.5, 0.6) is 0 Å². The van der Waals surface area contributed by atoms with Gasteiger partial charge in [-0.05, 0) is 42.5 Å². The third-order valence-corrected chi connectivity index (χ3v) is 6.51. The second-order valence-corrected chi connectivity index (χ2v) is 9.08. The number of halogens is 1. The molecule has 2 N–H and O–H groups in total. The van der Waals surface area contributed by atoms with E-state index in [1.165, 1.54) is 49.8 Å². The van der Waals surface area contributed by atoms with E-state index in [0.717, 1.165) is 6.07 Å². The molecule has 0 saturated heterocycles. The molecule has 0 amide bonds. The summed E-state index contributed by atoms with van der Waals surface area (Å²) in [4.78, 5) is 24.1. The minimum atomic E-state index is -4.08. The number of carbonyl (C=O) groups excluding carboxylic acids is 2. The Kier molecular flexibility index (Phi) is 6.72. The van der Waals surface area contributed by atoms with E-state index in [2.05, 4.69) is 0 Å². The van der Waals surface area contributed by atoms with Gasteiger partial charge in [0.15, 0.2) is 12.4 Å². The summed E-state index contributed by atoms with van der Waals surface area (Å²) in [5, 5.41) is 4.97. The number of ether oxygens (including phenoxy) is 1. The van der Waals surface area contributed by atoms with Crippen LogP contribution in [0, 0.1) is 0 Å². The third-order valence-electron chi connectivity index (χ3n) is 5.12. The molecule has 2 aromatic rings. The molecule has 2 aromatic carbocycles. The molecule has 8 heteroatoms. The molecule has 1 aliphatic rings. The van der Waals surface area contributed by atoms with Gasteiger partial charge in [-0.3, -0.25) is 4.79 Å². The van der Waals surface area contributed by atoms with Gasteiger partial charge in [-0.1, -0.05) is 55.1 Å². The van der Waals surface area contributed by atoms with Crippen LogP contribution < -0.4 is 5.14 Å². The van der Waals surface area contributed by atoms with E-state index in [1.54, 1.807) is 12.1 Å². The topological polar surface area (TPSA) is 104 Å². The standard InChI is InChI=1S/C21H22ClNO5S/c22-18-11-10-17(12-20(18)29(23,26)27)21(25)28-13-19(24)16-8-6-15(7-9-16)14-4-2-1-3-5-14/h6-12,14H,1-5,13H2,(H2,23,26,27). The van der Waals surface area contributed by atoms with Crippen LogP contribution in [0.15, 0.2) is 47.4 Å². The summed E-state index contributed by atoms with van der Waals surface area (Å²) in [6.45, 7) is -0.449. The summed E-state index contributed by atoms with van der Waals surface area (Å²) in [7, 11) is -4.08. The lowest BCUT2D eigenvalue weighted by Gasteiger charge is -2.22. The van der Waals surface area contributed by atoms with Gasteiger partial charge in [-0.15, -0.1) is 0 Å². The van der Waals surface area contributed by atoms with E-state index in [9.17, 15) is 18.0 Å². The van der Waals surface area contributed by atoms with Crippen LogP contribution in [0.1, 0.15) is 64.3 Å². The molecule has 154 valence electrons. The molecule has 3 rings (SSSR count). The number of sulfonamides is 1. The first-order valence-corrected chi connectivity index (χ1v) is 11.3. The Bertz CT molecular complexity index is 1010. The summed E-state index contributed by atoms with van der Waals surface area (Å²) in [5.41, 5.74) is 1.63. The van der Waals surface area contributed by atoms with Gasteiger partial charge in [0.05, 0.1) is 10.6 Å². The number of benzene rings is 2. The van der Waals surface area contributed by atoms with E-state index in [-0.39, 0.29) is 21.3 Å². The fourth-order valence-electron chi connectivity index (χ4n) is 3.52. The smallest absolute Gasteiger partial charge is 0.338 e. The van der Waals surface area contributed by atoms with Crippen LogP contribution in [-0.4, -0.2) is 26.8 Å². The molecule has 0 bridgehead atoms. The predicted octanol–water partition coefficient (Wildman–Crippen LogP) is 4.07. The van der Waals surface area contributed by atoms with Crippen molar-refractivity contribution in [3.8, 4) is 0 Å². The van der Waals surface area contributed by atoms with E-state index in [4.69, 9.17) is 21.5 Å². The lowest BCUT2D eigenvalue weighted by molar-refractivity contribution is 0.0474. The van der Waals surface area contributed by atoms with Crippen LogP contribution in [0.4, 0.5) is 0 Å². The highest BCUT2D eigenvalue weighted by Crippen LogP contribution is 2.32. The number of nitrogens with two attached hydrogens (primary N) is 1. The maximum absolute atomic E-state index is 12.3. The second-order valence-electron chi connectivity index (χ2n) is 7.15. The average Bonchev–Trinajstić information content (AvgIpc) is 2.72. The zero-order valence-corrected chi connectivity index (χ0v) is 17.3. The summed E-state index contributed by atoms with van der Waals surface area (Å²) in [5.74, 6) is -0.628. The van der Waals surface area contributed by atoms with E-state index in [1.807, 2.05) is 12.1 Å². The first-order valence-electron chi connectivity index (χ1n) is 9.38. The lowest BCUT2D eigenvalue weighted by Crippen LogP contribution is -2.16. The molecule has 1 aliphatic carbocycles. The van der Waals surface area contributed by atoms with Crippen molar-refractivity contribution in [2.75, 3.05) is 6.61 Å². The van der Waals surface area contributed by atoms with Crippen molar-refractivity contribution in [2.45, 2.75) is 42.9 Å². The van der Waals surface area contributed by atoms with Gasteiger partial charge in [0, 0.05) is 5.56 Å². The molecule has 0 aromatic heterocycles. The highest BCUT2D eigenvalue weighted by atomic mass is 35.5. The quantitative estimate of drug-likeness (QED) is 0.544. The molecular weight excluding hydrogens is 414 g/mol. The maximum Gasteiger partial charge on any atom is 0.338 e. The van der Waals surface area contributed by atoms with Crippen molar-refractivity contribution >= 4 is 33.4 Å². The molecule has 6 nitrogen and oxygen atoms in total. The fourth-order valence-corrected chi connectivity index (χ4v) is 4.59. The summed E-state index contributed by atoms with van der Waals surface area (Å²) < 4.78 is 28.0. The molecule has 0 radical (unpaired) electrons. The molecule has 0 atom stereocenters. The number of primary sulfonamides is 1. The number of ketones is 1. The zero-order chi connectivity index (χ0) is 21.0.